The standard InChI is InChI=1S/C15H18F3NOS/c1-11-2-8-14(9-3-11)21(20)19-10-12-4-6-13(7-5-12)15(16,17)18/h2-3,8-10,12-13H,4-7H2,1H3. The van der Waals surface area contributed by atoms with E-state index in [4.69, 9.17) is 0 Å². The highest BCUT2D eigenvalue weighted by Crippen LogP contribution is 2.39. The van der Waals surface area contributed by atoms with Gasteiger partial charge in [0.05, 0.1) is 12.1 Å². The number of halogens is 3. The Morgan fingerprint density at radius 3 is 2.24 bits per heavy atom. The summed E-state index contributed by atoms with van der Waals surface area (Å²) in [5.41, 5.74) is 1.07. The molecule has 0 bridgehead atoms. The third-order valence-electron chi connectivity index (χ3n) is 3.82. The lowest BCUT2D eigenvalue weighted by Crippen LogP contribution is -2.28. The van der Waals surface area contributed by atoms with Gasteiger partial charge in [0.15, 0.2) is 4.90 Å². The van der Waals surface area contributed by atoms with Crippen molar-refractivity contribution in [1.29, 1.82) is 0 Å². The van der Waals surface area contributed by atoms with E-state index in [1.165, 1.54) is 0 Å². The third kappa shape index (κ3) is 4.74. The van der Waals surface area contributed by atoms with Crippen LogP contribution < -0.4 is 0 Å². The molecule has 1 saturated carbocycles. The molecule has 0 N–H and O–H groups in total. The molecule has 2 nitrogen and oxygen atoms in total. The van der Waals surface area contributed by atoms with Crippen LogP contribution in [-0.2, 0) is 11.4 Å². The van der Waals surface area contributed by atoms with Gasteiger partial charge in [-0.05, 0) is 50.7 Å². The van der Waals surface area contributed by atoms with Gasteiger partial charge in [0.2, 0.25) is 0 Å². The van der Waals surface area contributed by atoms with Crippen molar-refractivity contribution in [1.82, 2.24) is 0 Å². The van der Waals surface area contributed by atoms with Crippen molar-refractivity contribution >= 4 is 17.6 Å². The minimum Gasteiger partial charge on any atom is -0.586 e. The molecule has 0 heterocycles. The molecule has 21 heavy (non-hydrogen) atoms. The summed E-state index contributed by atoms with van der Waals surface area (Å²) >= 11 is -1.47. The first kappa shape index (κ1) is 16.4. The molecule has 116 valence electrons. The average Bonchev–Trinajstić information content (AvgIpc) is 2.45. The van der Waals surface area contributed by atoms with Crippen molar-refractivity contribution in [2.24, 2.45) is 16.2 Å². The Morgan fingerprint density at radius 1 is 1.14 bits per heavy atom. The lowest BCUT2D eigenvalue weighted by atomic mass is 9.82. The maximum atomic E-state index is 12.6. The van der Waals surface area contributed by atoms with Gasteiger partial charge in [0.1, 0.15) is 11.4 Å². The maximum absolute atomic E-state index is 12.6. The van der Waals surface area contributed by atoms with E-state index in [1.807, 2.05) is 19.1 Å². The van der Waals surface area contributed by atoms with E-state index in [0.717, 1.165) is 5.56 Å². The Kier molecular flexibility index (Phi) is 5.32. The summed E-state index contributed by atoms with van der Waals surface area (Å²) in [6.45, 7) is 1.94. The third-order valence-corrected chi connectivity index (χ3v) is 4.81. The summed E-state index contributed by atoms with van der Waals surface area (Å²) in [5.74, 6) is -1.19. The Balaban J connectivity index is 1.86. The zero-order valence-corrected chi connectivity index (χ0v) is 12.6. The molecule has 0 amide bonds. The molecule has 0 saturated heterocycles. The van der Waals surface area contributed by atoms with Gasteiger partial charge in [-0.25, -0.2) is 0 Å². The number of benzene rings is 1. The van der Waals surface area contributed by atoms with E-state index in [9.17, 15) is 17.7 Å². The SMILES string of the molecule is Cc1ccc([S+]([O-])N=CC2CCC(C(F)(F)F)CC2)cc1. The summed E-state index contributed by atoms with van der Waals surface area (Å²) < 4.78 is 53.6. The fourth-order valence-electron chi connectivity index (χ4n) is 2.45. The molecule has 0 aromatic heterocycles. The molecular weight excluding hydrogens is 299 g/mol. The van der Waals surface area contributed by atoms with E-state index in [-0.39, 0.29) is 18.8 Å². The van der Waals surface area contributed by atoms with Gasteiger partial charge < -0.3 is 4.55 Å². The van der Waals surface area contributed by atoms with Gasteiger partial charge in [0, 0.05) is 0 Å². The Bertz CT molecular complexity index is 479. The molecular formula is C15H18F3NOS. The molecule has 1 fully saturated rings. The van der Waals surface area contributed by atoms with Crippen LogP contribution in [0.3, 0.4) is 0 Å². The minimum absolute atomic E-state index is 0.00185. The topological polar surface area (TPSA) is 35.4 Å². The highest BCUT2D eigenvalue weighted by molar-refractivity contribution is 7.90. The number of rotatable bonds is 3. The van der Waals surface area contributed by atoms with Crippen LogP contribution in [0.5, 0.6) is 0 Å². The number of aryl methyl sites for hydroxylation is 1. The van der Waals surface area contributed by atoms with Gasteiger partial charge in [-0.15, -0.1) is 0 Å². The molecule has 2 rings (SSSR count). The molecule has 6 heteroatoms. The zero-order valence-electron chi connectivity index (χ0n) is 11.8. The second-order valence-electron chi connectivity index (χ2n) is 5.47. The Labute approximate surface area is 125 Å². The fourth-order valence-corrected chi connectivity index (χ4v) is 3.23. The van der Waals surface area contributed by atoms with Crippen molar-refractivity contribution in [3.8, 4) is 0 Å². The van der Waals surface area contributed by atoms with Crippen LogP contribution in [0.4, 0.5) is 13.2 Å². The lowest BCUT2D eigenvalue weighted by molar-refractivity contribution is -0.182. The molecule has 1 aromatic rings. The second-order valence-corrected chi connectivity index (χ2v) is 6.65. The van der Waals surface area contributed by atoms with Crippen molar-refractivity contribution < 1.29 is 17.7 Å². The molecule has 1 atom stereocenters. The highest BCUT2D eigenvalue weighted by atomic mass is 32.2. The van der Waals surface area contributed by atoms with Crippen LogP contribution in [0.1, 0.15) is 31.2 Å². The monoisotopic (exact) mass is 317 g/mol. The molecule has 0 spiro atoms. The van der Waals surface area contributed by atoms with Crippen molar-refractivity contribution in [3.05, 3.63) is 29.8 Å². The Hall–Kier alpha value is -1.01. The average molecular weight is 317 g/mol. The largest absolute Gasteiger partial charge is 0.586 e. The molecule has 0 radical (unpaired) electrons. The number of hydrogen-bond acceptors (Lipinski definition) is 2. The van der Waals surface area contributed by atoms with E-state index in [1.54, 1.807) is 18.3 Å². The number of alkyl halides is 3. The van der Waals surface area contributed by atoms with E-state index >= 15 is 0 Å². The van der Waals surface area contributed by atoms with Crippen LogP contribution in [0.25, 0.3) is 0 Å². The van der Waals surface area contributed by atoms with Crippen LogP contribution in [0, 0.1) is 18.8 Å². The lowest BCUT2D eigenvalue weighted by Gasteiger charge is -2.27. The second kappa shape index (κ2) is 6.83. The quantitative estimate of drug-likeness (QED) is 0.599. The van der Waals surface area contributed by atoms with Crippen molar-refractivity contribution in [2.75, 3.05) is 0 Å². The predicted molar refractivity (Wildman–Crippen MR) is 77.6 cm³/mol. The molecule has 1 aliphatic rings. The van der Waals surface area contributed by atoms with Gasteiger partial charge in [-0.1, -0.05) is 22.1 Å². The summed E-state index contributed by atoms with van der Waals surface area (Å²) in [7, 11) is 0. The van der Waals surface area contributed by atoms with E-state index < -0.39 is 23.5 Å². The first-order chi connectivity index (χ1) is 9.86. The molecule has 1 unspecified atom stereocenters. The van der Waals surface area contributed by atoms with Gasteiger partial charge in [-0.3, -0.25) is 0 Å². The maximum Gasteiger partial charge on any atom is 0.391 e. The zero-order chi connectivity index (χ0) is 15.5. The van der Waals surface area contributed by atoms with Crippen molar-refractivity contribution in [3.63, 3.8) is 0 Å². The first-order valence-electron chi connectivity index (χ1n) is 6.95. The smallest absolute Gasteiger partial charge is 0.391 e. The normalized spacial score (nSPS) is 25.2. The van der Waals surface area contributed by atoms with Crippen LogP contribution in [-0.4, -0.2) is 16.9 Å². The molecule has 1 aromatic carbocycles. The summed E-state index contributed by atoms with van der Waals surface area (Å²) in [4.78, 5) is 0.612. The molecule has 0 aliphatic heterocycles. The fraction of sp³-hybridized carbons (Fsp3) is 0.533. The van der Waals surface area contributed by atoms with Gasteiger partial charge in [0.25, 0.3) is 0 Å². The van der Waals surface area contributed by atoms with Crippen LogP contribution in [0.15, 0.2) is 33.6 Å². The predicted octanol–water partition coefficient (Wildman–Crippen LogP) is 4.46. The summed E-state index contributed by atoms with van der Waals surface area (Å²) in [5, 5.41) is 0. The number of nitrogens with zero attached hydrogens (tertiary/aromatic N) is 1. The highest BCUT2D eigenvalue weighted by Gasteiger charge is 2.41. The van der Waals surface area contributed by atoms with Gasteiger partial charge in [-0.2, -0.15) is 13.2 Å². The van der Waals surface area contributed by atoms with E-state index in [2.05, 4.69) is 4.40 Å². The van der Waals surface area contributed by atoms with Crippen molar-refractivity contribution in [2.45, 2.75) is 43.7 Å². The van der Waals surface area contributed by atoms with Crippen LogP contribution >= 0.6 is 0 Å². The van der Waals surface area contributed by atoms with Crippen LogP contribution in [0.2, 0.25) is 0 Å². The summed E-state index contributed by atoms with van der Waals surface area (Å²) in [6, 6.07) is 7.22. The molecule has 1 aliphatic carbocycles. The summed E-state index contributed by atoms with van der Waals surface area (Å²) in [6.07, 6.45) is -1.33. The van der Waals surface area contributed by atoms with Gasteiger partial charge >= 0.3 is 6.18 Å². The number of hydrogen-bond donors (Lipinski definition) is 0. The first-order valence-corrected chi connectivity index (χ1v) is 8.06. The Morgan fingerprint density at radius 2 is 1.71 bits per heavy atom. The van der Waals surface area contributed by atoms with E-state index in [0.29, 0.717) is 17.7 Å². The minimum atomic E-state index is -4.09.